The van der Waals surface area contributed by atoms with Gasteiger partial charge >= 0.3 is 10.1 Å². The Balaban J connectivity index is 1.32. The topological polar surface area (TPSA) is 114 Å². The summed E-state index contributed by atoms with van der Waals surface area (Å²) in [6.07, 6.45) is 1.41. The molecule has 0 aliphatic carbocycles. The molecule has 0 aliphatic rings. The molecule has 32 heavy (non-hydrogen) atoms. The Morgan fingerprint density at radius 3 is 2.66 bits per heavy atom. The lowest BCUT2D eigenvalue weighted by Crippen LogP contribution is -2.19. The molecule has 0 saturated carbocycles. The molecule has 4 aromatic rings. The van der Waals surface area contributed by atoms with E-state index in [4.69, 9.17) is 4.18 Å². The molecule has 4 rings (SSSR count). The highest BCUT2D eigenvalue weighted by atomic mass is 32.2. The van der Waals surface area contributed by atoms with Crippen LogP contribution in [0.25, 0.3) is 11.0 Å². The quantitative estimate of drug-likeness (QED) is 0.178. The lowest BCUT2D eigenvalue weighted by atomic mass is 10.2. The largest absolute Gasteiger partial charge is 0.379 e. The minimum Gasteiger partial charge on any atom is -0.379 e. The van der Waals surface area contributed by atoms with Crippen molar-refractivity contribution in [3.63, 3.8) is 0 Å². The molecule has 8 nitrogen and oxygen atoms in total. The number of carbonyl (C=O) groups is 1. The van der Waals surface area contributed by atoms with Crippen LogP contribution in [0.15, 0.2) is 94.0 Å². The first-order valence-electron chi connectivity index (χ1n) is 9.49. The fraction of sp³-hybridized carbons (Fsp3) is 0.0455. The van der Waals surface area contributed by atoms with Crippen LogP contribution < -0.4 is 9.61 Å². The molecule has 0 saturated heterocycles. The number of fused-ring (bicyclic) bond motifs is 1. The highest BCUT2D eigenvalue weighted by molar-refractivity contribution is 7.99. The molecule has 3 aromatic carbocycles. The number of thioether (sulfide) groups is 1. The van der Waals surface area contributed by atoms with Gasteiger partial charge in [-0.3, -0.25) is 4.79 Å². The number of hydrazone groups is 1. The number of hydrogen-bond acceptors (Lipinski definition) is 7. The second-order valence-corrected chi connectivity index (χ2v) is 9.07. The van der Waals surface area contributed by atoms with Crippen molar-refractivity contribution in [2.45, 2.75) is 10.1 Å². The van der Waals surface area contributed by atoms with Crippen molar-refractivity contribution >= 4 is 45.0 Å². The van der Waals surface area contributed by atoms with Crippen LogP contribution in [0.5, 0.6) is 5.75 Å². The second kappa shape index (κ2) is 9.67. The van der Waals surface area contributed by atoms with Crippen LogP contribution in [-0.4, -0.2) is 36.3 Å². The maximum Gasteiger partial charge on any atom is 0.339 e. The molecule has 0 unspecified atom stereocenters. The third kappa shape index (κ3) is 5.54. The van der Waals surface area contributed by atoms with E-state index < -0.39 is 10.1 Å². The number of rotatable bonds is 8. The first kappa shape index (κ1) is 21.6. The molecule has 0 atom stereocenters. The Labute approximate surface area is 188 Å². The maximum atomic E-state index is 12.3. The molecule has 1 heterocycles. The van der Waals surface area contributed by atoms with Gasteiger partial charge in [0.05, 0.1) is 23.0 Å². The molecule has 2 N–H and O–H groups in total. The fourth-order valence-electron chi connectivity index (χ4n) is 2.75. The van der Waals surface area contributed by atoms with E-state index in [2.05, 4.69) is 20.5 Å². The van der Waals surface area contributed by atoms with Crippen LogP contribution in [0, 0.1) is 0 Å². The first-order valence-corrected chi connectivity index (χ1v) is 11.9. The van der Waals surface area contributed by atoms with Crippen molar-refractivity contribution in [1.29, 1.82) is 0 Å². The van der Waals surface area contributed by atoms with Crippen LogP contribution in [0.4, 0.5) is 0 Å². The second-order valence-electron chi connectivity index (χ2n) is 6.56. The molecule has 162 valence electrons. The van der Waals surface area contributed by atoms with Gasteiger partial charge in [0.2, 0.25) is 0 Å². The third-order valence-corrected chi connectivity index (χ3v) is 6.34. The zero-order chi connectivity index (χ0) is 22.4. The molecule has 0 spiro atoms. The number of benzene rings is 3. The monoisotopic (exact) mass is 466 g/mol. The van der Waals surface area contributed by atoms with Gasteiger partial charge in [-0.2, -0.15) is 13.5 Å². The Kier molecular flexibility index (Phi) is 6.52. The molecule has 0 radical (unpaired) electrons. The van der Waals surface area contributed by atoms with Gasteiger partial charge in [-0.05, 0) is 42.0 Å². The van der Waals surface area contributed by atoms with E-state index in [1.807, 2.05) is 24.3 Å². The van der Waals surface area contributed by atoms with Gasteiger partial charge in [0.1, 0.15) is 10.6 Å². The molecule has 10 heteroatoms. The minimum atomic E-state index is -3.93. The predicted octanol–water partition coefficient (Wildman–Crippen LogP) is 3.57. The van der Waals surface area contributed by atoms with Crippen LogP contribution in [0.1, 0.15) is 5.56 Å². The Morgan fingerprint density at radius 1 is 1.06 bits per heavy atom. The highest BCUT2D eigenvalue weighted by Crippen LogP contribution is 2.20. The van der Waals surface area contributed by atoms with Crippen molar-refractivity contribution in [2.75, 3.05) is 5.75 Å². The lowest BCUT2D eigenvalue weighted by molar-refractivity contribution is -0.118. The average molecular weight is 467 g/mol. The number of amides is 1. The van der Waals surface area contributed by atoms with Gasteiger partial charge in [-0.15, -0.1) is 0 Å². The van der Waals surface area contributed by atoms with E-state index >= 15 is 0 Å². The zero-order valence-corrected chi connectivity index (χ0v) is 18.3. The van der Waals surface area contributed by atoms with Gasteiger partial charge < -0.3 is 9.17 Å². The van der Waals surface area contributed by atoms with E-state index in [1.54, 1.807) is 30.3 Å². The normalized spacial score (nSPS) is 11.6. The number of carbonyl (C=O) groups excluding carboxylic acids is 1. The maximum absolute atomic E-state index is 12.3. The van der Waals surface area contributed by atoms with Gasteiger partial charge in [0, 0.05) is 0 Å². The molecule has 0 bridgehead atoms. The Bertz CT molecular complexity index is 1340. The van der Waals surface area contributed by atoms with E-state index in [9.17, 15) is 13.2 Å². The summed E-state index contributed by atoms with van der Waals surface area (Å²) in [4.78, 5) is 19.6. The van der Waals surface area contributed by atoms with Crippen molar-refractivity contribution < 1.29 is 17.4 Å². The summed E-state index contributed by atoms with van der Waals surface area (Å²) in [6.45, 7) is 0. The van der Waals surface area contributed by atoms with E-state index in [0.29, 0.717) is 10.7 Å². The summed E-state index contributed by atoms with van der Waals surface area (Å²) in [5, 5.41) is 4.57. The first-order chi connectivity index (χ1) is 15.5. The average Bonchev–Trinajstić information content (AvgIpc) is 3.21. The number of aromatic nitrogens is 2. The number of nitrogens with zero attached hydrogens (tertiary/aromatic N) is 2. The van der Waals surface area contributed by atoms with Crippen LogP contribution in [0.3, 0.4) is 0 Å². The summed E-state index contributed by atoms with van der Waals surface area (Å²) in [5.74, 6) is -0.0225. The fourth-order valence-corrected chi connectivity index (χ4v) is 4.37. The van der Waals surface area contributed by atoms with Gasteiger partial charge in [0.25, 0.3) is 5.91 Å². The molecule has 0 fully saturated rings. The number of aromatic amines is 1. The standard InChI is InChI=1S/C22H18N4O4S2/c27-21(15-31-22-24-19-11-4-5-12-20(19)25-22)26-23-14-16-7-6-8-17(13-16)30-32(28,29)18-9-2-1-3-10-18/h1-14H,15H2,(H,24,25)(H,26,27)/b23-14-. The van der Waals surface area contributed by atoms with Crippen LogP contribution in [0.2, 0.25) is 0 Å². The minimum absolute atomic E-state index is 0.0632. The van der Waals surface area contributed by atoms with Crippen molar-refractivity contribution in [3.8, 4) is 5.75 Å². The molecule has 0 aliphatic heterocycles. The highest BCUT2D eigenvalue weighted by Gasteiger charge is 2.16. The smallest absolute Gasteiger partial charge is 0.339 e. The molecular weight excluding hydrogens is 448 g/mol. The zero-order valence-electron chi connectivity index (χ0n) is 16.6. The Morgan fingerprint density at radius 2 is 1.84 bits per heavy atom. The van der Waals surface area contributed by atoms with E-state index in [0.717, 1.165) is 11.0 Å². The number of para-hydroxylation sites is 2. The molecule has 1 amide bonds. The number of hydrogen-bond donors (Lipinski definition) is 2. The number of H-pyrrole nitrogens is 1. The summed E-state index contributed by atoms with van der Waals surface area (Å²) in [7, 11) is -3.93. The lowest BCUT2D eigenvalue weighted by Gasteiger charge is -2.07. The summed E-state index contributed by atoms with van der Waals surface area (Å²) in [6, 6.07) is 21.9. The Hall–Kier alpha value is -3.63. The van der Waals surface area contributed by atoms with E-state index in [1.165, 1.54) is 42.2 Å². The molecule has 1 aromatic heterocycles. The number of nitrogens with one attached hydrogen (secondary N) is 2. The number of imidazole rings is 1. The van der Waals surface area contributed by atoms with E-state index in [-0.39, 0.29) is 22.3 Å². The third-order valence-electron chi connectivity index (χ3n) is 4.21. The predicted molar refractivity (Wildman–Crippen MR) is 123 cm³/mol. The summed E-state index contributed by atoms with van der Waals surface area (Å²) >= 11 is 1.27. The van der Waals surface area contributed by atoms with Crippen molar-refractivity contribution in [3.05, 3.63) is 84.4 Å². The van der Waals surface area contributed by atoms with Gasteiger partial charge in [-0.25, -0.2) is 10.4 Å². The summed E-state index contributed by atoms with van der Waals surface area (Å²) in [5.41, 5.74) is 4.75. The van der Waals surface area contributed by atoms with Gasteiger partial charge in [0.15, 0.2) is 5.16 Å². The van der Waals surface area contributed by atoms with Crippen LogP contribution >= 0.6 is 11.8 Å². The summed E-state index contributed by atoms with van der Waals surface area (Å²) < 4.78 is 29.9. The van der Waals surface area contributed by atoms with Crippen molar-refractivity contribution in [1.82, 2.24) is 15.4 Å². The van der Waals surface area contributed by atoms with Crippen LogP contribution in [-0.2, 0) is 14.9 Å². The SMILES string of the molecule is O=C(CSc1nc2ccccc2[nH]1)N/N=C\c1cccc(OS(=O)(=O)c2ccccc2)c1. The van der Waals surface area contributed by atoms with Crippen molar-refractivity contribution in [2.24, 2.45) is 5.10 Å². The van der Waals surface area contributed by atoms with Gasteiger partial charge in [-0.1, -0.05) is 54.2 Å². The molecular formula is C22H18N4O4S2.